The van der Waals surface area contributed by atoms with Crippen molar-refractivity contribution in [1.29, 1.82) is 0 Å². The number of imidazole rings is 1. The van der Waals surface area contributed by atoms with Gasteiger partial charge in [-0.3, -0.25) is 9.20 Å². The van der Waals surface area contributed by atoms with Gasteiger partial charge in [-0.25, -0.2) is 4.98 Å². The van der Waals surface area contributed by atoms with E-state index in [1.807, 2.05) is 16.0 Å². The van der Waals surface area contributed by atoms with Crippen LogP contribution < -0.4 is 4.90 Å². The summed E-state index contributed by atoms with van der Waals surface area (Å²) >= 11 is 1.52. The first-order chi connectivity index (χ1) is 9.81. The Bertz CT molecular complexity index is 552. The van der Waals surface area contributed by atoms with Crippen LogP contribution in [-0.2, 0) is 9.47 Å². The quantitative estimate of drug-likeness (QED) is 0.521. The highest BCUT2D eigenvalue weighted by atomic mass is 32.1. The normalized spacial score (nSPS) is 11.1. The summed E-state index contributed by atoms with van der Waals surface area (Å²) in [5, 5.41) is 1.92. The van der Waals surface area contributed by atoms with E-state index in [9.17, 15) is 4.79 Å². The minimum Gasteiger partial charge on any atom is -0.385 e. The number of hydrogen-bond acceptors (Lipinski definition) is 6. The molecule has 2 aromatic rings. The first-order valence-corrected chi connectivity index (χ1v) is 7.33. The summed E-state index contributed by atoms with van der Waals surface area (Å²) in [4.78, 5) is 18.8. The number of thiazole rings is 1. The van der Waals surface area contributed by atoms with Gasteiger partial charge in [-0.15, -0.1) is 11.3 Å². The largest absolute Gasteiger partial charge is 0.385 e. The molecule has 0 bridgehead atoms. The number of aromatic nitrogens is 2. The van der Waals surface area contributed by atoms with Gasteiger partial charge >= 0.3 is 0 Å². The molecule has 2 rings (SSSR count). The Morgan fingerprint density at radius 3 is 2.85 bits per heavy atom. The summed E-state index contributed by atoms with van der Waals surface area (Å²) in [6, 6.07) is 0. The first-order valence-electron chi connectivity index (χ1n) is 6.45. The van der Waals surface area contributed by atoms with Gasteiger partial charge in [0.1, 0.15) is 5.69 Å². The summed E-state index contributed by atoms with van der Waals surface area (Å²) in [7, 11) is 3.35. The maximum Gasteiger partial charge on any atom is 0.196 e. The van der Waals surface area contributed by atoms with Gasteiger partial charge in [0.25, 0.3) is 0 Å². The van der Waals surface area contributed by atoms with Crippen molar-refractivity contribution in [3.63, 3.8) is 0 Å². The predicted octanol–water partition coefficient (Wildman–Crippen LogP) is 1.70. The van der Waals surface area contributed by atoms with Crippen molar-refractivity contribution in [2.75, 3.05) is 45.4 Å². The van der Waals surface area contributed by atoms with Crippen LogP contribution >= 0.6 is 11.3 Å². The Balaban J connectivity index is 2.23. The topological polar surface area (TPSA) is 56.1 Å². The molecule has 0 aromatic carbocycles. The van der Waals surface area contributed by atoms with E-state index in [1.54, 1.807) is 14.2 Å². The number of carbonyl (C=O) groups is 1. The summed E-state index contributed by atoms with van der Waals surface area (Å²) in [6.45, 7) is 2.76. The van der Waals surface area contributed by atoms with Crippen LogP contribution in [0.4, 0.5) is 5.82 Å². The third-order valence-electron chi connectivity index (χ3n) is 3.03. The third-order valence-corrected chi connectivity index (χ3v) is 3.79. The van der Waals surface area contributed by atoms with E-state index >= 15 is 0 Å². The third kappa shape index (κ3) is 3.17. The van der Waals surface area contributed by atoms with Crippen LogP contribution in [0.25, 0.3) is 4.96 Å². The maximum absolute atomic E-state index is 11.4. The Labute approximate surface area is 121 Å². The molecule has 0 aliphatic rings. The molecule has 0 atom stereocenters. The highest BCUT2D eigenvalue weighted by molar-refractivity contribution is 7.15. The highest BCUT2D eigenvalue weighted by Gasteiger charge is 2.18. The molecule has 2 aromatic heterocycles. The second-order valence-corrected chi connectivity index (χ2v) is 5.19. The van der Waals surface area contributed by atoms with Crippen LogP contribution in [0, 0.1) is 0 Å². The molecule has 0 unspecified atom stereocenters. The van der Waals surface area contributed by atoms with Crippen LogP contribution in [0.1, 0.15) is 16.9 Å². The number of rotatable bonds is 9. The van der Waals surface area contributed by atoms with Crippen LogP contribution in [-0.4, -0.2) is 56.2 Å². The van der Waals surface area contributed by atoms with Crippen molar-refractivity contribution in [2.24, 2.45) is 0 Å². The summed E-state index contributed by atoms with van der Waals surface area (Å²) < 4.78 is 12.0. The van der Waals surface area contributed by atoms with E-state index in [0.29, 0.717) is 25.5 Å². The monoisotopic (exact) mass is 297 g/mol. The van der Waals surface area contributed by atoms with Crippen LogP contribution in [0.2, 0.25) is 0 Å². The van der Waals surface area contributed by atoms with E-state index in [1.165, 1.54) is 11.3 Å². The fourth-order valence-electron chi connectivity index (χ4n) is 2.06. The second kappa shape index (κ2) is 7.37. The standard InChI is InChI=1S/C13H19N3O3S/c1-18-7-3-4-15(5-8-19-2)12-11(10-17)16-6-9-20-13(16)14-12/h6,9-10H,3-5,7-8H2,1-2H3. The minimum absolute atomic E-state index is 0.592. The zero-order chi connectivity index (χ0) is 14.4. The van der Waals surface area contributed by atoms with Crippen LogP contribution in [0.15, 0.2) is 11.6 Å². The molecule has 0 aliphatic carbocycles. The van der Waals surface area contributed by atoms with Gasteiger partial charge in [0.05, 0.1) is 6.61 Å². The molecule has 0 saturated carbocycles. The Morgan fingerprint density at radius 2 is 2.15 bits per heavy atom. The Morgan fingerprint density at radius 1 is 1.35 bits per heavy atom. The Hall–Kier alpha value is -1.44. The number of ether oxygens (including phenoxy) is 2. The predicted molar refractivity (Wildman–Crippen MR) is 79.0 cm³/mol. The van der Waals surface area contributed by atoms with E-state index in [4.69, 9.17) is 9.47 Å². The van der Waals surface area contributed by atoms with E-state index in [0.717, 1.165) is 30.0 Å². The molecule has 0 N–H and O–H groups in total. The molecule has 7 heteroatoms. The van der Waals surface area contributed by atoms with Crippen molar-refractivity contribution in [3.05, 3.63) is 17.3 Å². The lowest BCUT2D eigenvalue weighted by Crippen LogP contribution is -2.30. The summed E-state index contributed by atoms with van der Waals surface area (Å²) in [6.07, 6.45) is 3.60. The number of anilines is 1. The smallest absolute Gasteiger partial charge is 0.196 e. The van der Waals surface area contributed by atoms with E-state index in [2.05, 4.69) is 9.88 Å². The average molecular weight is 297 g/mol. The molecule has 0 fully saturated rings. The first kappa shape index (κ1) is 15.0. The second-order valence-electron chi connectivity index (χ2n) is 4.32. The minimum atomic E-state index is 0.592. The zero-order valence-corrected chi connectivity index (χ0v) is 12.6. The lowest BCUT2D eigenvalue weighted by molar-refractivity contribution is 0.111. The Kier molecular flexibility index (Phi) is 5.51. The number of aldehydes is 1. The molecule has 0 aliphatic heterocycles. The van der Waals surface area contributed by atoms with Gasteiger partial charge in [-0.05, 0) is 6.42 Å². The highest BCUT2D eigenvalue weighted by Crippen LogP contribution is 2.23. The molecule has 0 radical (unpaired) electrons. The number of fused-ring (bicyclic) bond motifs is 1. The van der Waals surface area contributed by atoms with Crippen molar-refractivity contribution in [3.8, 4) is 0 Å². The molecule has 0 spiro atoms. The van der Waals surface area contributed by atoms with Gasteiger partial charge in [-0.2, -0.15) is 0 Å². The summed E-state index contributed by atoms with van der Waals surface area (Å²) in [5.41, 5.74) is 0.592. The summed E-state index contributed by atoms with van der Waals surface area (Å²) in [5.74, 6) is 0.722. The SMILES string of the molecule is COCCCN(CCOC)c1nc2sccn2c1C=O. The molecule has 20 heavy (non-hydrogen) atoms. The molecule has 110 valence electrons. The fourth-order valence-corrected chi connectivity index (χ4v) is 2.78. The van der Waals surface area contributed by atoms with Gasteiger partial charge in [0, 0.05) is 45.5 Å². The number of methoxy groups -OCH3 is 2. The van der Waals surface area contributed by atoms with E-state index < -0.39 is 0 Å². The van der Waals surface area contributed by atoms with Crippen molar-refractivity contribution in [1.82, 2.24) is 9.38 Å². The van der Waals surface area contributed by atoms with Crippen molar-refractivity contribution >= 4 is 28.4 Å². The van der Waals surface area contributed by atoms with Gasteiger partial charge in [-0.1, -0.05) is 0 Å². The number of hydrogen-bond donors (Lipinski definition) is 0. The van der Waals surface area contributed by atoms with Crippen LogP contribution in [0.3, 0.4) is 0 Å². The van der Waals surface area contributed by atoms with Crippen molar-refractivity contribution in [2.45, 2.75) is 6.42 Å². The molecule has 0 saturated heterocycles. The average Bonchev–Trinajstić information content (AvgIpc) is 3.02. The van der Waals surface area contributed by atoms with Crippen LogP contribution in [0.5, 0.6) is 0 Å². The van der Waals surface area contributed by atoms with Gasteiger partial charge < -0.3 is 14.4 Å². The molecular formula is C13H19N3O3S. The van der Waals surface area contributed by atoms with Gasteiger partial charge in [0.2, 0.25) is 0 Å². The fraction of sp³-hybridized carbons (Fsp3) is 0.538. The lowest BCUT2D eigenvalue weighted by atomic mass is 10.3. The van der Waals surface area contributed by atoms with Gasteiger partial charge in [0.15, 0.2) is 17.1 Å². The maximum atomic E-state index is 11.4. The molecule has 6 nitrogen and oxygen atoms in total. The molecule has 0 amide bonds. The number of nitrogens with zero attached hydrogens (tertiary/aromatic N) is 3. The van der Waals surface area contributed by atoms with Crippen molar-refractivity contribution < 1.29 is 14.3 Å². The zero-order valence-electron chi connectivity index (χ0n) is 11.7. The lowest BCUT2D eigenvalue weighted by Gasteiger charge is -2.22. The number of carbonyl (C=O) groups excluding carboxylic acids is 1. The molecular weight excluding hydrogens is 278 g/mol. The van der Waals surface area contributed by atoms with E-state index in [-0.39, 0.29) is 0 Å². The molecule has 2 heterocycles.